The summed E-state index contributed by atoms with van der Waals surface area (Å²) in [6.45, 7) is 1.72. The molecule has 1 atom stereocenters. The van der Waals surface area contributed by atoms with E-state index in [0.717, 1.165) is 16.3 Å². The second-order valence-corrected chi connectivity index (χ2v) is 5.01. The predicted octanol–water partition coefficient (Wildman–Crippen LogP) is 0.783. The third-order valence-electron chi connectivity index (χ3n) is 2.44. The molecule has 19 heavy (non-hydrogen) atoms. The molecular formula is C12H15N4O2S+. The topological polar surface area (TPSA) is 91.8 Å². The zero-order valence-electron chi connectivity index (χ0n) is 10.7. The lowest BCUT2D eigenvalue weighted by Crippen LogP contribution is -2.64. The average Bonchev–Trinajstić information content (AvgIpc) is 2.87. The monoisotopic (exact) mass is 279 g/mol. The highest BCUT2D eigenvalue weighted by molar-refractivity contribution is 7.18. The summed E-state index contributed by atoms with van der Waals surface area (Å²) in [7, 11) is 1.62. The van der Waals surface area contributed by atoms with E-state index in [2.05, 4.69) is 21.2 Å². The van der Waals surface area contributed by atoms with Gasteiger partial charge in [-0.05, 0) is 31.2 Å². The number of aromatic nitrogens is 2. The van der Waals surface area contributed by atoms with Gasteiger partial charge in [-0.25, -0.2) is 0 Å². The molecule has 2 aromatic rings. The summed E-state index contributed by atoms with van der Waals surface area (Å²) < 4.78 is 5.09. The maximum Gasteiger partial charge on any atom is 0.284 e. The van der Waals surface area contributed by atoms with Crippen molar-refractivity contribution in [2.75, 3.05) is 12.4 Å². The summed E-state index contributed by atoms with van der Waals surface area (Å²) in [6.07, 6.45) is 0. The molecule has 0 radical (unpaired) electrons. The van der Waals surface area contributed by atoms with Crippen molar-refractivity contribution >= 4 is 22.4 Å². The Hall–Kier alpha value is -1.99. The van der Waals surface area contributed by atoms with E-state index >= 15 is 0 Å². The van der Waals surface area contributed by atoms with Crippen LogP contribution in [0.5, 0.6) is 5.75 Å². The van der Waals surface area contributed by atoms with Gasteiger partial charge in [0, 0.05) is 5.56 Å². The van der Waals surface area contributed by atoms with Gasteiger partial charge >= 0.3 is 0 Å². The van der Waals surface area contributed by atoms with Crippen LogP contribution in [0.15, 0.2) is 24.3 Å². The number of nitrogens with one attached hydrogen (secondary N) is 1. The van der Waals surface area contributed by atoms with E-state index < -0.39 is 0 Å². The summed E-state index contributed by atoms with van der Waals surface area (Å²) in [6, 6.07) is 7.18. The van der Waals surface area contributed by atoms with Gasteiger partial charge in [0.2, 0.25) is 5.13 Å². The molecule has 0 aliphatic carbocycles. The van der Waals surface area contributed by atoms with E-state index in [1.165, 1.54) is 11.3 Å². The summed E-state index contributed by atoms with van der Waals surface area (Å²) in [4.78, 5) is 11.5. The first-order valence-electron chi connectivity index (χ1n) is 5.72. The standard InChI is InChI=1S/C12H14N4O2S/c1-7(13)10(17)14-12-16-15-11(19-12)8-3-5-9(18-2)6-4-8/h3-7H,13H2,1-2H3,(H,14,16,17)/p+1/t7-/m0/s1. The molecule has 1 aromatic carbocycles. The van der Waals surface area contributed by atoms with Crippen molar-refractivity contribution in [1.82, 2.24) is 10.2 Å². The van der Waals surface area contributed by atoms with E-state index in [-0.39, 0.29) is 11.9 Å². The quantitative estimate of drug-likeness (QED) is 0.865. The molecule has 0 aliphatic rings. The minimum absolute atomic E-state index is 0.169. The number of hydrogen-bond donors (Lipinski definition) is 2. The number of anilines is 1. The van der Waals surface area contributed by atoms with Gasteiger partial charge in [-0.2, -0.15) is 0 Å². The van der Waals surface area contributed by atoms with Crippen molar-refractivity contribution < 1.29 is 15.3 Å². The van der Waals surface area contributed by atoms with Gasteiger partial charge in [-0.1, -0.05) is 11.3 Å². The van der Waals surface area contributed by atoms with Crippen LogP contribution in [0.2, 0.25) is 0 Å². The van der Waals surface area contributed by atoms with Crippen LogP contribution in [0.1, 0.15) is 6.92 Å². The Labute approximate surface area is 114 Å². The predicted molar refractivity (Wildman–Crippen MR) is 72.9 cm³/mol. The number of quaternary nitrogens is 1. The van der Waals surface area contributed by atoms with E-state index in [1.54, 1.807) is 14.0 Å². The molecule has 2 rings (SSSR count). The molecule has 0 saturated heterocycles. The molecular weight excluding hydrogens is 264 g/mol. The fraction of sp³-hybridized carbons (Fsp3) is 0.250. The van der Waals surface area contributed by atoms with Crippen molar-refractivity contribution in [3.05, 3.63) is 24.3 Å². The van der Waals surface area contributed by atoms with E-state index in [1.807, 2.05) is 24.3 Å². The fourth-order valence-electron chi connectivity index (χ4n) is 1.35. The Balaban J connectivity index is 2.13. The highest BCUT2D eigenvalue weighted by atomic mass is 32.1. The third kappa shape index (κ3) is 3.27. The van der Waals surface area contributed by atoms with Crippen LogP contribution in [0, 0.1) is 0 Å². The average molecular weight is 279 g/mol. The number of carbonyl (C=O) groups is 1. The molecule has 6 nitrogen and oxygen atoms in total. The maximum atomic E-state index is 11.5. The van der Waals surface area contributed by atoms with Gasteiger partial charge in [0.25, 0.3) is 5.91 Å². The Morgan fingerprint density at radius 1 is 1.37 bits per heavy atom. The lowest BCUT2D eigenvalue weighted by atomic mass is 10.2. The van der Waals surface area contributed by atoms with Gasteiger partial charge in [-0.3, -0.25) is 10.1 Å². The first kappa shape index (κ1) is 13.4. The molecule has 0 unspecified atom stereocenters. The largest absolute Gasteiger partial charge is 0.497 e. The van der Waals surface area contributed by atoms with Crippen LogP contribution in [0.25, 0.3) is 10.6 Å². The number of benzene rings is 1. The Morgan fingerprint density at radius 3 is 2.63 bits per heavy atom. The van der Waals surface area contributed by atoms with Crippen LogP contribution in [0.3, 0.4) is 0 Å². The van der Waals surface area contributed by atoms with Crippen molar-refractivity contribution in [2.24, 2.45) is 0 Å². The number of nitrogens with zero attached hydrogens (tertiary/aromatic N) is 2. The molecule has 0 spiro atoms. The van der Waals surface area contributed by atoms with Crippen molar-refractivity contribution in [3.63, 3.8) is 0 Å². The fourth-order valence-corrected chi connectivity index (χ4v) is 2.10. The number of ether oxygens (including phenoxy) is 1. The highest BCUT2D eigenvalue weighted by Crippen LogP contribution is 2.27. The van der Waals surface area contributed by atoms with Crippen LogP contribution in [-0.2, 0) is 4.79 Å². The SMILES string of the molecule is COc1ccc(-c2nnc(NC(=O)[C@H](C)[NH3+])s2)cc1. The number of carbonyl (C=O) groups excluding carboxylic acids is 1. The Morgan fingerprint density at radius 2 is 2.05 bits per heavy atom. The van der Waals surface area contributed by atoms with Crippen molar-refractivity contribution in [3.8, 4) is 16.3 Å². The van der Waals surface area contributed by atoms with Crippen LogP contribution >= 0.6 is 11.3 Å². The van der Waals surface area contributed by atoms with E-state index in [9.17, 15) is 4.79 Å². The molecule has 1 amide bonds. The molecule has 1 aromatic heterocycles. The minimum Gasteiger partial charge on any atom is -0.497 e. The smallest absolute Gasteiger partial charge is 0.284 e. The van der Waals surface area contributed by atoms with E-state index in [4.69, 9.17) is 4.74 Å². The second-order valence-electron chi connectivity index (χ2n) is 4.03. The summed E-state index contributed by atoms with van der Waals surface area (Å²) >= 11 is 1.32. The minimum atomic E-state index is -0.326. The first-order chi connectivity index (χ1) is 9.10. The van der Waals surface area contributed by atoms with Crippen LogP contribution in [0.4, 0.5) is 5.13 Å². The molecule has 7 heteroatoms. The van der Waals surface area contributed by atoms with Gasteiger partial charge in [0.05, 0.1) is 7.11 Å². The normalized spacial score (nSPS) is 11.9. The zero-order valence-corrected chi connectivity index (χ0v) is 11.5. The molecule has 100 valence electrons. The second kappa shape index (κ2) is 5.77. The van der Waals surface area contributed by atoms with Crippen LogP contribution < -0.4 is 15.8 Å². The van der Waals surface area contributed by atoms with Gasteiger partial charge in [0.1, 0.15) is 10.8 Å². The molecule has 4 N–H and O–H groups in total. The Bertz CT molecular complexity index is 565. The molecule has 0 aliphatic heterocycles. The summed E-state index contributed by atoms with van der Waals surface area (Å²) in [5, 5.41) is 11.9. The molecule has 0 bridgehead atoms. The third-order valence-corrected chi connectivity index (χ3v) is 3.33. The lowest BCUT2D eigenvalue weighted by Gasteiger charge is -2.00. The number of hydrogen-bond acceptors (Lipinski definition) is 5. The van der Waals surface area contributed by atoms with Gasteiger partial charge < -0.3 is 10.5 Å². The molecule has 0 saturated carbocycles. The molecule has 0 fully saturated rings. The zero-order chi connectivity index (χ0) is 13.8. The lowest BCUT2D eigenvalue weighted by molar-refractivity contribution is -0.396. The van der Waals surface area contributed by atoms with Crippen LogP contribution in [-0.4, -0.2) is 29.3 Å². The summed E-state index contributed by atoms with van der Waals surface area (Å²) in [5.41, 5.74) is 4.58. The first-order valence-corrected chi connectivity index (χ1v) is 6.53. The number of methoxy groups -OCH3 is 1. The highest BCUT2D eigenvalue weighted by Gasteiger charge is 2.14. The van der Waals surface area contributed by atoms with Crippen molar-refractivity contribution in [1.29, 1.82) is 0 Å². The maximum absolute atomic E-state index is 11.5. The number of amides is 1. The number of rotatable bonds is 4. The molecule has 1 heterocycles. The van der Waals surface area contributed by atoms with E-state index in [0.29, 0.717) is 5.13 Å². The summed E-state index contributed by atoms with van der Waals surface area (Å²) in [5.74, 6) is 0.616. The van der Waals surface area contributed by atoms with Gasteiger partial charge in [0.15, 0.2) is 6.04 Å². The van der Waals surface area contributed by atoms with Gasteiger partial charge in [-0.15, -0.1) is 10.2 Å². The Kier molecular flexibility index (Phi) is 4.08. The van der Waals surface area contributed by atoms with Crippen molar-refractivity contribution in [2.45, 2.75) is 13.0 Å².